The van der Waals surface area contributed by atoms with Crippen molar-refractivity contribution < 1.29 is 4.42 Å². The van der Waals surface area contributed by atoms with E-state index in [1.54, 1.807) is 0 Å². The summed E-state index contributed by atoms with van der Waals surface area (Å²) in [6.07, 6.45) is 0. The van der Waals surface area contributed by atoms with Crippen LogP contribution in [0.15, 0.2) is 16.5 Å². The monoisotopic (exact) mass is 205 g/mol. The summed E-state index contributed by atoms with van der Waals surface area (Å²) in [5, 5.41) is 6.83. The quantitative estimate of drug-likeness (QED) is 0.658. The van der Waals surface area contributed by atoms with Gasteiger partial charge in [-0.3, -0.25) is 0 Å². The number of aryl methyl sites for hydroxylation is 1. The Morgan fingerprint density at radius 3 is 3.00 bits per heavy atom. The van der Waals surface area contributed by atoms with Gasteiger partial charge in [0.05, 0.1) is 11.6 Å². The molecule has 1 atom stereocenters. The second-order valence-electron chi connectivity index (χ2n) is 4.07. The zero-order valence-electron chi connectivity index (χ0n) is 8.76. The summed E-state index contributed by atoms with van der Waals surface area (Å²) < 4.78 is 5.56. The molecule has 0 amide bonds. The van der Waals surface area contributed by atoms with E-state index in [1.807, 2.05) is 13.0 Å². The van der Waals surface area contributed by atoms with Crippen LogP contribution < -0.4 is 10.6 Å². The predicted octanol–water partition coefficient (Wildman–Crippen LogP) is 1.30. The van der Waals surface area contributed by atoms with E-state index in [0.29, 0.717) is 6.04 Å². The molecular weight excluding hydrogens is 190 g/mol. The molecule has 1 saturated heterocycles. The average Bonchev–Trinajstić information content (AvgIpc) is 2.76. The van der Waals surface area contributed by atoms with Crippen molar-refractivity contribution in [3.8, 4) is 0 Å². The number of furan rings is 1. The summed E-state index contributed by atoms with van der Waals surface area (Å²) in [5.74, 6) is 0.956. The molecule has 2 aromatic heterocycles. The Balaban J connectivity index is 1.93. The largest absolute Gasteiger partial charge is 0.460 e. The van der Waals surface area contributed by atoms with Gasteiger partial charge in [-0.25, -0.2) is 0 Å². The first-order chi connectivity index (χ1) is 7.33. The fraction of sp³-hybridized carbons (Fsp3) is 0.455. The van der Waals surface area contributed by atoms with E-state index in [4.69, 9.17) is 4.42 Å². The number of hydrogen-bond donors (Lipinski definition) is 3. The first kappa shape index (κ1) is 9.00. The van der Waals surface area contributed by atoms with Crippen molar-refractivity contribution in [3.05, 3.63) is 23.6 Å². The first-order valence-electron chi connectivity index (χ1n) is 5.36. The second kappa shape index (κ2) is 3.40. The zero-order chi connectivity index (χ0) is 10.3. The van der Waals surface area contributed by atoms with E-state index in [-0.39, 0.29) is 0 Å². The Morgan fingerprint density at radius 1 is 1.33 bits per heavy atom. The third kappa shape index (κ3) is 1.56. The van der Waals surface area contributed by atoms with Gasteiger partial charge in [-0.2, -0.15) is 0 Å². The number of nitrogens with one attached hydrogen (secondary N) is 3. The number of fused-ring (bicyclic) bond motifs is 1. The molecule has 0 saturated carbocycles. The molecule has 0 aliphatic carbocycles. The molecule has 4 nitrogen and oxygen atoms in total. The van der Waals surface area contributed by atoms with Crippen LogP contribution in [-0.4, -0.2) is 24.6 Å². The maximum Gasteiger partial charge on any atom is 0.152 e. The Bertz CT molecular complexity index is 434. The van der Waals surface area contributed by atoms with Gasteiger partial charge in [0.15, 0.2) is 5.58 Å². The van der Waals surface area contributed by atoms with Gasteiger partial charge in [-0.15, -0.1) is 0 Å². The molecule has 1 unspecified atom stereocenters. The molecule has 4 heteroatoms. The molecule has 0 bridgehead atoms. The number of rotatable bonds is 1. The molecule has 3 heterocycles. The van der Waals surface area contributed by atoms with E-state index in [1.165, 1.54) is 5.69 Å². The highest BCUT2D eigenvalue weighted by Crippen LogP contribution is 2.23. The summed E-state index contributed by atoms with van der Waals surface area (Å²) in [7, 11) is 0. The normalized spacial score (nSPS) is 22.3. The second-order valence-corrected chi connectivity index (χ2v) is 4.07. The molecule has 0 aromatic carbocycles. The van der Waals surface area contributed by atoms with Gasteiger partial charge in [0.2, 0.25) is 0 Å². The van der Waals surface area contributed by atoms with Crippen LogP contribution in [0.4, 0.5) is 0 Å². The van der Waals surface area contributed by atoms with Crippen LogP contribution in [0, 0.1) is 6.92 Å². The van der Waals surface area contributed by atoms with Gasteiger partial charge in [0.1, 0.15) is 5.76 Å². The van der Waals surface area contributed by atoms with Gasteiger partial charge >= 0.3 is 0 Å². The van der Waals surface area contributed by atoms with Crippen LogP contribution in [0.25, 0.3) is 11.1 Å². The topological polar surface area (TPSA) is 53.0 Å². The van der Waals surface area contributed by atoms with Crippen LogP contribution in [0.5, 0.6) is 0 Å². The number of aromatic nitrogens is 1. The summed E-state index contributed by atoms with van der Waals surface area (Å²) in [6, 6.07) is 4.50. The smallest absolute Gasteiger partial charge is 0.152 e. The van der Waals surface area contributed by atoms with Crippen LogP contribution >= 0.6 is 0 Å². The van der Waals surface area contributed by atoms with E-state index < -0.39 is 0 Å². The lowest BCUT2D eigenvalue weighted by Crippen LogP contribution is -2.42. The fourth-order valence-electron chi connectivity index (χ4n) is 2.13. The Hall–Kier alpha value is -1.26. The minimum absolute atomic E-state index is 0.377. The number of hydrogen-bond acceptors (Lipinski definition) is 3. The zero-order valence-corrected chi connectivity index (χ0v) is 8.76. The molecule has 80 valence electrons. The third-order valence-corrected chi connectivity index (χ3v) is 2.87. The van der Waals surface area contributed by atoms with E-state index in [2.05, 4.69) is 21.7 Å². The minimum atomic E-state index is 0.377. The first-order valence-corrected chi connectivity index (χ1v) is 5.36. The van der Waals surface area contributed by atoms with Crippen molar-refractivity contribution in [3.63, 3.8) is 0 Å². The van der Waals surface area contributed by atoms with Crippen LogP contribution in [0.3, 0.4) is 0 Å². The summed E-state index contributed by atoms with van der Waals surface area (Å²) in [6.45, 7) is 5.01. The number of H-pyrrole nitrogens is 1. The maximum atomic E-state index is 5.56. The maximum absolute atomic E-state index is 5.56. The molecule has 3 N–H and O–H groups in total. The Morgan fingerprint density at radius 2 is 2.27 bits per heavy atom. The lowest BCUT2D eigenvalue weighted by molar-refractivity contribution is 0.424. The van der Waals surface area contributed by atoms with E-state index in [0.717, 1.165) is 36.5 Å². The van der Waals surface area contributed by atoms with Crippen molar-refractivity contribution >= 4 is 11.1 Å². The number of piperazine rings is 1. The molecule has 1 fully saturated rings. The summed E-state index contributed by atoms with van der Waals surface area (Å²) in [4.78, 5) is 3.39. The SMILES string of the molecule is Cc1cc2[nH]c(C3CNCCN3)cc2o1. The Labute approximate surface area is 88.0 Å². The molecular formula is C11H15N3O. The van der Waals surface area contributed by atoms with Crippen LogP contribution in [0.2, 0.25) is 0 Å². The van der Waals surface area contributed by atoms with Crippen molar-refractivity contribution in [1.82, 2.24) is 15.6 Å². The highest BCUT2D eigenvalue weighted by molar-refractivity contribution is 5.75. The molecule has 1 aliphatic rings. The number of aromatic amines is 1. The summed E-state index contributed by atoms with van der Waals surface area (Å²) >= 11 is 0. The third-order valence-electron chi connectivity index (χ3n) is 2.87. The van der Waals surface area contributed by atoms with Gasteiger partial charge in [0.25, 0.3) is 0 Å². The minimum Gasteiger partial charge on any atom is -0.460 e. The molecule has 3 rings (SSSR count). The molecule has 0 radical (unpaired) electrons. The molecule has 2 aromatic rings. The van der Waals surface area contributed by atoms with Crippen LogP contribution in [0.1, 0.15) is 17.5 Å². The molecule has 15 heavy (non-hydrogen) atoms. The lowest BCUT2D eigenvalue weighted by atomic mass is 10.2. The average molecular weight is 205 g/mol. The molecule has 1 aliphatic heterocycles. The van der Waals surface area contributed by atoms with Gasteiger partial charge < -0.3 is 20.0 Å². The van der Waals surface area contributed by atoms with Gasteiger partial charge in [-0.05, 0) is 6.92 Å². The molecule has 0 spiro atoms. The van der Waals surface area contributed by atoms with Crippen molar-refractivity contribution in [2.24, 2.45) is 0 Å². The fourth-order valence-corrected chi connectivity index (χ4v) is 2.13. The van der Waals surface area contributed by atoms with Crippen LogP contribution in [-0.2, 0) is 0 Å². The van der Waals surface area contributed by atoms with E-state index >= 15 is 0 Å². The van der Waals surface area contributed by atoms with E-state index in [9.17, 15) is 0 Å². The Kier molecular flexibility index (Phi) is 2.04. The van der Waals surface area contributed by atoms with Crippen molar-refractivity contribution in [2.75, 3.05) is 19.6 Å². The van der Waals surface area contributed by atoms with Gasteiger partial charge in [0, 0.05) is 37.5 Å². The highest BCUT2D eigenvalue weighted by atomic mass is 16.3. The predicted molar refractivity (Wildman–Crippen MR) is 58.9 cm³/mol. The standard InChI is InChI=1S/C11H15N3O/c1-7-4-9-11(15-7)5-8(14-9)10-6-12-2-3-13-10/h4-5,10,12-14H,2-3,6H2,1H3. The van der Waals surface area contributed by atoms with Gasteiger partial charge in [-0.1, -0.05) is 0 Å². The van der Waals surface area contributed by atoms with Crippen molar-refractivity contribution in [1.29, 1.82) is 0 Å². The highest BCUT2D eigenvalue weighted by Gasteiger charge is 2.17. The lowest BCUT2D eigenvalue weighted by Gasteiger charge is -2.23. The van der Waals surface area contributed by atoms with Crippen molar-refractivity contribution in [2.45, 2.75) is 13.0 Å². The summed E-state index contributed by atoms with van der Waals surface area (Å²) in [5.41, 5.74) is 3.25.